The zero-order valence-corrected chi connectivity index (χ0v) is 11.2. The van der Waals surface area contributed by atoms with Crippen molar-refractivity contribution >= 4 is 21.6 Å². The molecule has 0 heterocycles. The van der Waals surface area contributed by atoms with Crippen molar-refractivity contribution in [1.82, 2.24) is 5.32 Å². The molecule has 0 fully saturated rings. The maximum Gasteiger partial charge on any atom is 0.251 e. The molecule has 1 amide bonds. The molecule has 0 aliphatic carbocycles. The van der Waals surface area contributed by atoms with Crippen LogP contribution >= 0.6 is 0 Å². The minimum absolute atomic E-state index is 0.219. The Morgan fingerprint density at radius 3 is 2.61 bits per heavy atom. The Hall–Kier alpha value is -1.82. The molecule has 6 heteroatoms. The van der Waals surface area contributed by atoms with Crippen molar-refractivity contribution in [2.45, 2.75) is 6.92 Å². The van der Waals surface area contributed by atoms with Crippen LogP contribution in [0.2, 0.25) is 0 Å². The summed E-state index contributed by atoms with van der Waals surface area (Å²) in [6.07, 6.45) is 2.67. The number of benzene rings is 1. The Balaban J connectivity index is 2.92. The van der Waals surface area contributed by atoms with Gasteiger partial charge in [0.25, 0.3) is 5.91 Å². The van der Waals surface area contributed by atoms with Crippen molar-refractivity contribution in [2.24, 2.45) is 0 Å². The van der Waals surface area contributed by atoms with Crippen LogP contribution in [0, 0.1) is 6.92 Å². The van der Waals surface area contributed by atoms with E-state index in [0.717, 1.165) is 6.26 Å². The highest BCUT2D eigenvalue weighted by Crippen LogP contribution is 2.17. The van der Waals surface area contributed by atoms with Gasteiger partial charge < -0.3 is 5.32 Å². The van der Waals surface area contributed by atoms with Crippen molar-refractivity contribution in [2.75, 3.05) is 17.5 Å². The van der Waals surface area contributed by atoms with Crippen LogP contribution < -0.4 is 10.0 Å². The SMILES string of the molecule is C=CCNC(=O)c1ccc(NS(C)(=O)=O)c(C)c1. The predicted octanol–water partition coefficient (Wildman–Crippen LogP) is 1.28. The van der Waals surface area contributed by atoms with Crippen molar-refractivity contribution < 1.29 is 13.2 Å². The number of anilines is 1. The molecule has 0 saturated carbocycles. The number of hydrogen-bond acceptors (Lipinski definition) is 3. The second-order valence-electron chi connectivity index (χ2n) is 3.90. The van der Waals surface area contributed by atoms with Crippen LogP contribution in [0.15, 0.2) is 30.9 Å². The standard InChI is InChI=1S/C12H16N2O3S/c1-4-7-13-12(15)10-5-6-11(9(2)8-10)14-18(3,16)17/h4-6,8,14H,1,7H2,2-3H3,(H,13,15). The Kier molecular flexibility index (Phi) is 4.49. The summed E-state index contributed by atoms with van der Waals surface area (Å²) in [5.41, 5.74) is 1.64. The summed E-state index contributed by atoms with van der Waals surface area (Å²) in [6.45, 7) is 5.63. The second-order valence-corrected chi connectivity index (χ2v) is 5.65. The van der Waals surface area contributed by atoms with Crippen LogP contribution in [0.25, 0.3) is 0 Å². The van der Waals surface area contributed by atoms with Gasteiger partial charge in [0.1, 0.15) is 0 Å². The van der Waals surface area contributed by atoms with E-state index in [4.69, 9.17) is 0 Å². The highest BCUT2D eigenvalue weighted by Gasteiger charge is 2.09. The van der Waals surface area contributed by atoms with Crippen molar-refractivity contribution in [3.8, 4) is 0 Å². The van der Waals surface area contributed by atoms with E-state index in [0.29, 0.717) is 23.4 Å². The summed E-state index contributed by atoms with van der Waals surface area (Å²) in [6, 6.07) is 4.77. The first-order chi connectivity index (χ1) is 8.33. The lowest BCUT2D eigenvalue weighted by Gasteiger charge is -2.09. The van der Waals surface area contributed by atoms with Gasteiger partial charge in [0.15, 0.2) is 0 Å². The van der Waals surface area contributed by atoms with Crippen LogP contribution in [-0.2, 0) is 10.0 Å². The highest BCUT2D eigenvalue weighted by molar-refractivity contribution is 7.92. The molecule has 5 nitrogen and oxygen atoms in total. The first-order valence-electron chi connectivity index (χ1n) is 5.31. The number of nitrogens with one attached hydrogen (secondary N) is 2. The molecule has 0 bridgehead atoms. The minimum Gasteiger partial charge on any atom is -0.349 e. The molecule has 0 atom stereocenters. The number of hydrogen-bond donors (Lipinski definition) is 2. The second kappa shape index (κ2) is 5.68. The molecular formula is C12H16N2O3S. The van der Waals surface area contributed by atoms with Gasteiger partial charge in [-0.3, -0.25) is 9.52 Å². The normalized spacial score (nSPS) is 10.8. The fraction of sp³-hybridized carbons (Fsp3) is 0.250. The lowest BCUT2D eigenvalue weighted by atomic mass is 10.1. The largest absolute Gasteiger partial charge is 0.349 e. The van der Waals surface area contributed by atoms with Gasteiger partial charge in [-0.05, 0) is 30.7 Å². The molecule has 0 aliphatic heterocycles. The average molecular weight is 268 g/mol. The summed E-state index contributed by atoms with van der Waals surface area (Å²) in [4.78, 5) is 11.7. The molecule has 1 rings (SSSR count). The summed E-state index contributed by atoms with van der Waals surface area (Å²) in [5.74, 6) is -0.219. The predicted molar refractivity (Wildman–Crippen MR) is 72.2 cm³/mol. The topological polar surface area (TPSA) is 75.3 Å². The van der Waals surface area contributed by atoms with E-state index in [1.807, 2.05) is 0 Å². The molecule has 2 N–H and O–H groups in total. The Labute approximate surface area is 107 Å². The smallest absolute Gasteiger partial charge is 0.251 e. The van der Waals surface area contributed by atoms with E-state index in [1.165, 1.54) is 0 Å². The lowest BCUT2D eigenvalue weighted by Crippen LogP contribution is -2.23. The maximum atomic E-state index is 11.7. The third-order valence-corrected chi connectivity index (χ3v) is 2.78. The van der Waals surface area contributed by atoms with Crippen molar-refractivity contribution in [1.29, 1.82) is 0 Å². The first-order valence-corrected chi connectivity index (χ1v) is 7.20. The molecule has 98 valence electrons. The van der Waals surface area contributed by atoms with Gasteiger partial charge in [-0.2, -0.15) is 0 Å². The average Bonchev–Trinajstić information content (AvgIpc) is 2.27. The zero-order chi connectivity index (χ0) is 13.8. The van der Waals surface area contributed by atoms with Crippen LogP contribution in [0.5, 0.6) is 0 Å². The number of rotatable bonds is 5. The Bertz CT molecular complexity index is 565. The van der Waals surface area contributed by atoms with E-state index in [9.17, 15) is 13.2 Å². The van der Waals surface area contributed by atoms with Gasteiger partial charge in [-0.15, -0.1) is 6.58 Å². The van der Waals surface area contributed by atoms with Crippen LogP contribution in [0.1, 0.15) is 15.9 Å². The molecular weight excluding hydrogens is 252 g/mol. The molecule has 0 spiro atoms. The van der Waals surface area contributed by atoms with Crippen LogP contribution in [0.4, 0.5) is 5.69 Å². The first kappa shape index (κ1) is 14.2. The number of carbonyl (C=O) groups excluding carboxylic acids is 1. The molecule has 0 aromatic heterocycles. The fourth-order valence-electron chi connectivity index (χ4n) is 1.39. The molecule has 0 radical (unpaired) electrons. The number of sulfonamides is 1. The number of carbonyl (C=O) groups is 1. The van der Waals surface area contributed by atoms with Crippen LogP contribution in [-0.4, -0.2) is 27.1 Å². The lowest BCUT2D eigenvalue weighted by molar-refractivity contribution is 0.0958. The van der Waals surface area contributed by atoms with E-state index in [-0.39, 0.29) is 5.91 Å². The molecule has 0 saturated heterocycles. The van der Waals surface area contributed by atoms with Gasteiger partial charge in [-0.25, -0.2) is 8.42 Å². The number of amides is 1. The molecule has 0 unspecified atom stereocenters. The monoisotopic (exact) mass is 268 g/mol. The fourth-order valence-corrected chi connectivity index (χ4v) is 2.01. The molecule has 1 aromatic rings. The summed E-state index contributed by atoms with van der Waals surface area (Å²) in [5, 5.41) is 2.65. The third-order valence-electron chi connectivity index (χ3n) is 2.19. The number of aryl methyl sites for hydroxylation is 1. The van der Waals surface area contributed by atoms with Gasteiger partial charge in [0.2, 0.25) is 10.0 Å². The summed E-state index contributed by atoms with van der Waals surface area (Å²) >= 11 is 0. The van der Waals surface area contributed by atoms with Crippen LogP contribution in [0.3, 0.4) is 0 Å². The quantitative estimate of drug-likeness (QED) is 0.790. The van der Waals surface area contributed by atoms with Gasteiger partial charge >= 0.3 is 0 Å². The summed E-state index contributed by atoms with van der Waals surface area (Å²) in [7, 11) is -3.31. The minimum atomic E-state index is -3.31. The zero-order valence-electron chi connectivity index (χ0n) is 10.4. The van der Waals surface area contributed by atoms with E-state index in [1.54, 1.807) is 31.2 Å². The Morgan fingerprint density at radius 2 is 2.11 bits per heavy atom. The molecule has 0 aliphatic rings. The maximum absolute atomic E-state index is 11.7. The van der Waals surface area contributed by atoms with Gasteiger partial charge in [-0.1, -0.05) is 6.08 Å². The molecule has 18 heavy (non-hydrogen) atoms. The van der Waals surface area contributed by atoms with Crippen molar-refractivity contribution in [3.63, 3.8) is 0 Å². The van der Waals surface area contributed by atoms with Gasteiger partial charge in [0.05, 0.1) is 11.9 Å². The van der Waals surface area contributed by atoms with Gasteiger partial charge in [0, 0.05) is 12.1 Å². The third kappa shape index (κ3) is 4.21. The Morgan fingerprint density at radius 1 is 1.44 bits per heavy atom. The van der Waals surface area contributed by atoms with Crippen molar-refractivity contribution in [3.05, 3.63) is 42.0 Å². The highest BCUT2D eigenvalue weighted by atomic mass is 32.2. The van der Waals surface area contributed by atoms with E-state index < -0.39 is 10.0 Å². The summed E-state index contributed by atoms with van der Waals surface area (Å²) < 4.78 is 24.6. The van der Waals surface area contributed by atoms with E-state index in [2.05, 4.69) is 16.6 Å². The van der Waals surface area contributed by atoms with E-state index >= 15 is 0 Å². The molecule has 1 aromatic carbocycles.